The Kier molecular flexibility index (Phi) is 6.77. The zero-order chi connectivity index (χ0) is 26.2. The van der Waals surface area contributed by atoms with E-state index in [1.54, 1.807) is 54.6 Å². The monoisotopic (exact) mass is 550 g/mol. The van der Waals surface area contributed by atoms with E-state index in [4.69, 9.17) is 23.2 Å². The van der Waals surface area contributed by atoms with Crippen molar-refractivity contribution in [2.45, 2.75) is 22.9 Å². The van der Waals surface area contributed by atoms with Gasteiger partial charge in [0, 0.05) is 22.2 Å². The predicted molar refractivity (Wildman–Crippen MR) is 143 cm³/mol. The van der Waals surface area contributed by atoms with Crippen LogP contribution in [0, 0.1) is 0 Å². The highest BCUT2D eigenvalue weighted by Crippen LogP contribution is 2.38. The normalized spacial score (nSPS) is 13.9. The lowest BCUT2D eigenvalue weighted by molar-refractivity contribution is 0.0947. The van der Waals surface area contributed by atoms with Crippen LogP contribution in [0.1, 0.15) is 31.8 Å². The van der Waals surface area contributed by atoms with Gasteiger partial charge < -0.3 is 10.2 Å². The number of hydrogen-bond acceptors (Lipinski definition) is 4. The summed E-state index contributed by atoms with van der Waals surface area (Å²) in [4.78, 5) is 28.0. The summed E-state index contributed by atoms with van der Waals surface area (Å²) in [5.74, 6) is -0.927. The lowest BCUT2D eigenvalue weighted by atomic mass is 10.1. The third-order valence-corrected chi connectivity index (χ3v) is 8.54. The van der Waals surface area contributed by atoms with Crippen LogP contribution in [0.3, 0.4) is 0 Å². The number of halogens is 2. The van der Waals surface area contributed by atoms with E-state index < -0.39 is 21.7 Å². The molecule has 0 radical (unpaired) electrons. The molecule has 9 heteroatoms. The quantitative estimate of drug-likeness (QED) is 0.334. The summed E-state index contributed by atoms with van der Waals surface area (Å²) < 4.78 is 27.3. The van der Waals surface area contributed by atoms with Crippen molar-refractivity contribution in [1.82, 2.24) is 5.32 Å². The predicted octanol–water partition coefficient (Wildman–Crippen LogP) is 5.92. The van der Waals surface area contributed by atoms with E-state index in [-0.39, 0.29) is 39.7 Å². The van der Waals surface area contributed by atoms with Gasteiger partial charge in [-0.3, -0.25) is 9.59 Å². The van der Waals surface area contributed by atoms with Gasteiger partial charge in [0.05, 0.1) is 27.6 Å². The van der Waals surface area contributed by atoms with E-state index in [0.29, 0.717) is 15.6 Å². The van der Waals surface area contributed by atoms with Gasteiger partial charge in [-0.05, 0) is 59.7 Å². The highest BCUT2D eigenvalue weighted by molar-refractivity contribution is 7.91. The first kappa shape index (κ1) is 25.0. The molecule has 0 aromatic heterocycles. The number of benzene rings is 4. The second kappa shape index (κ2) is 10.0. The Morgan fingerprint density at radius 1 is 0.838 bits per heavy atom. The van der Waals surface area contributed by atoms with Crippen LogP contribution in [0.2, 0.25) is 10.0 Å². The van der Waals surface area contributed by atoms with Crippen LogP contribution in [0.25, 0.3) is 0 Å². The second-order valence-corrected chi connectivity index (χ2v) is 11.2. The summed E-state index contributed by atoms with van der Waals surface area (Å²) in [7, 11) is -4.05. The average Bonchev–Trinajstić information content (AvgIpc) is 2.96. The molecule has 0 bridgehead atoms. The molecule has 1 aliphatic heterocycles. The number of nitrogens with one attached hydrogen (secondary N) is 1. The summed E-state index contributed by atoms with van der Waals surface area (Å²) in [6.07, 6.45) is 0. The first-order valence-electron chi connectivity index (χ1n) is 11.3. The van der Waals surface area contributed by atoms with Crippen LogP contribution < -0.4 is 10.2 Å². The number of nitrogens with zero attached hydrogens (tertiary/aromatic N) is 1. The van der Waals surface area contributed by atoms with Crippen LogP contribution in [-0.4, -0.2) is 20.2 Å². The van der Waals surface area contributed by atoms with Gasteiger partial charge in [0.1, 0.15) is 0 Å². The highest BCUT2D eigenvalue weighted by Gasteiger charge is 2.36. The highest BCUT2D eigenvalue weighted by atomic mass is 35.5. The van der Waals surface area contributed by atoms with Gasteiger partial charge >= 0.3 is 0 Å². The van der Waals surface area contributed by atoms with Crippen LogP contribution in [0.4, 0.5) is 5.69 Å². The maximum absolute atomic E-state index is 13.7. The minimum atomic E-state index is -4.05. The molecular weight excluding hydrogens is 531 g/mol. The zero-order valence-electron chi connectivity index (χ0n) is 19.3. The first-order chi connectivity index (χ1) is 17.8. The molecule has 1 aliphatic rings. The van der Waals surface area contributed by atoms with Gasteiger partial charge in [0.2, 0.25) is 9.84 Å². The number of sulfone groups is 1. The Labute approximate surface area is 224 Å². The van der Waals surface area contributed by atoms with Crippen molar-refractivity contribution in [3.8, 4) is 0 Å². The molecule has 0 saturated heterocycles. The molecule has 0 unspecified atom stereocenters. The second-order valence-electron chi connectivity index (χ2n) is 8.48. The van der Waals surface area contributed by atoms with Gasteiger partial charge in [-0.25, -0.2) is 8.42 Å². The van der Waals surface area contributed by atoms with Gasteiger partial charge in [-0.2, -0.15) is 0 Å². The number of amides is 2. The summed E-state index contributed by atoms with van der Waals surface area (Å²) in [6.45, 7) is 0.242. The number of anilines is 1. The fourth-order valence-corrected chi connectivity index (χ4v) is 6.29. The first-order valence-corrected chi connectivity index (χ1v) is 13.6. The SMILES string of the molecule is O=C(NCc1ccccc1Cl)c1ccc2c(c1)N(Cc1cccc(Cl)c1)C(=O)c1ccccc1S2(=O)=O. The van der Waals surface area contributed by atoms with Gasteiger partial charge in [0.15, 0.2) is 0 Å². The summed E-state index contributed by atoms with van der Waals surface area (Å²) in [6, 6.07) is 24.5. The molecule has 0 saturated carbocycles. The third-order valence-electron chi connectivity index (χ3n) is 6.08. The molecular formula is C28H20Cl2N2O4S. The number of carbonyl (C=O) groups excluding carboxylic acids is 2. The maximum atomic E-state index is 13.7. The van der Waals surface area contributed by atoms with Crippen LogP contribution in [0.5, 0.6) is 0 Å². The lowest BCUT2D eigenvalue weighted by Gasteiger charge is -2.23. The molecule has 0 spiro atoms. The van der Waals surface area contributed by atoms with Gasteiger partial charge in [-0.15, -0.1) is 0 Å². The Bertz CT molecular complexity index is 1650. The van der Waals surface area contributed by atoms with Crippen molar-refractivity contribution in [2.75, 3.05) is 4.90 Å². The Hall–Kier alpha value is -3.65. The average molecular weight is 551 g/mol. The topological polar surface area (TPSA) is 83.6 Å². The van der Waals surface area contributed by atoms with Crippen LogP contribution in [0.15, 0.2) is 101 Å². The molecule has 1 heterocycles. The van der Waals surface area contributed by atoms with Gasteiger partial charge in [0.25, 0.3) is 11.8 Å². The summed E-state index contributed by atoms with van der Waals surface area (Å²) in [5, 5.41) is 3.81. The molecule has 4 aromatic carbocycles. The number of carbonyl (C=O) groups is 2. The largest absolute Gasteiger partial charge is 0.348 e. The molecule has 2 amide bonds. The van der Waals surface area contributed by atoms with Crippen molar-refractivity contribution in [1.29, 1.82) is 0 Å². The van der Waals surface area contributed by atoms with E-state index in [0.717, 1.165) is 5.56 Å². The maximum Gasteiger partial charge on any atom is 0.259 e. The Balaban J connectivity index is 1.59. The molecule has 0 aliphatic carbocycles. The van der Waals surface area contributed by atoms with Crippen LogP contribution >= 0.6 is 23.2 Å². The summed E-state index contributed by atoms with van der Waals surface area (Å²) in [5.41, 5.74) is 1.83. The van der Waals surface area contributed by atoms with Crippen molar-refractivity contribution in [3.63, 3.8) is 0 Å². The van der Waals surface area contributed by atoms with E-state index in [1.807, 2.05) is 6.07 Å². The van der Waals surface area contributed by atoms with Crippen LogP contribution in [-0.2, 0) is 22.9 Å². The molecule has 37 heavy (non-hydrogen) atoms. The third kappa shape index (κ3) is 4.85. The van der Waals surface area contributed by atoms with Crippen molar-refractivity contribution >= 4 is 50.5 Å². The van der Waals surface area contributed by atoms with E-state index in [9.17, 15) is 18.0 Å². The van der Waals surface area contributed by atoms with E-state index in [2.05, 4.69) is 5.32 Å². The molecule has 0 atom stereocenters. The molecule has 0 fully saturated rings. The lowest BCUT2D eigenvalue weighted by Crippen LogP contribution is -2.31. The van der Waals surface area contributed by atoms with Gasteiger partial charge in [-0.1, -0.05) is 65.7 Å². The Morgan fingerprint density at radius 2 is 1.59 bits per heavy atom. The van der Waals surface area contributed by atoms with Crippen molar-refractivity contribution in [2.24, 2.45) is 0 Å². The molecule has 1 N–H and O–H groups in total. The zero-order valence-corrected chi connectivity index (χ0v) is 21.6. The molecule has 4 aromatic rings. The molecule has 6 nitrogen and oxygen atoms in total. The van der Waals surface area contributed by atoms with E-state index >= 15 is 0 Å². The number of fused-ring (bicyclic) bond motifs is 2. The number of rotatable bonds is 5. The minimum absolute atomic E-state index is 0.0565. The Morgan fingerprint density at radius 3 is 2.38 bits per heavy atom. The van der Waals surface area contributed by atoms with E-state index in [1.165, 1.54) is 35.2 Å². The smallest absolute Gasteiger partial charge is 0.259 e. The van der Waals surface area contributed by atoms with Crippen molar-refractivity contribution < 1.29 is 18.0 Å². The van der Waals surface area contributed by atoms with Crippen molar-refractivity contribution in [3.05, 3.63) is 123 Å². The fourth-order valence-electron chi connectivity index (χ4n) is 4.24. The molecule has 186 valence electrons. The summed E-state index contributed by atoms with van der Waals surface area (Å²) >= 11 is 12.4. The number of hydrogen-bond donors (Lipinski definition) is 1. The minimum Gasteiger partial charge on any atom is -0.348 e. The molecule has 5 rings (SSSR count). The fraction of sp³-hybridized carbons (Fsp3) is 0.0714. The standard InChI is InChI=1S/C28H20Cl2N2O4S/c29-21-8-5-6-18(14-21)17-32-24-15-19(27(33)31-16-20-7-1-3-10-23(20)30)12-13-26(24)37(35,36)25-11-4-2-9-22(25)28(32)34/h1-15H,16-17H2,(H,31,33).